The molecule has 1 aliphatic rings. The minimum atomic E-state index is 0.0349. The molecule has 0 radical (unpaired) electrons. The fraction of sp³-hybridized carbons (Fsp3) is 0.0208. The van der Waals surface area contributed by atoms with E-state index in [-0.39, 0.29) is 5.92 Å². The van der Waals surface area contributed by atoms with Crippen LogP contribution >= 0.6 is 0 Å². The van der Waals surface area contributed by atoms with Crippen molar-refractivity contribution in [2.24, 2.45) is 0 Å². The van der Waals surface area contributed by atoms with Gasteiger partial charge in [-0.05, 0) is 93.0 Å². The Morgan fingerprint density at radius 1 is 0.380 bits per heavy atom. The van der Waals surface area contributed by atoms with E-state index in [4.69, 9.17) is 4.98 Å². The average molecular weight is 637 g/mol. The number of fused-ring (bicyclic) bond motifs is 6. The summed E-state index contributed by atoms with van der Waals surface area (Å²) < 4.78 is 2.37. The highest BCUT2D eigenvalue weighted by Gasteiger charge is 2.31. The molecule has 2 heteroatoms. The van der Waals surface area contributed by atoms with E-state index in [1.54, 1.807) is 0 Å². The van der Waals surface area contributed by atoms with E-state index < -0.39 is 0 Å². The van der Waals surface area contributed by atoms with Crippen LogP contribution in [0.3, 0.4) is 0 Å². The molecule has 1 unspecified atom stereocenters. The summed E-state index contributed by atoms with van der Waals surface area (Å²) >= 11 is 0. The van der Waals surface area contributed by atoms with Gasteiger partial charge in [0.1, 0.15) is 0 Å². The summed E-state index contributed by atoms with van der Waals surface area (Å²) in [6, 6.07) is 67.9. The molecule has 0 saturated heterocycles. The van der Waals surface area contributed by atoms with E-state index in [0.29, 0.717) is 0 Å². The molecule has 0 saturated carbocycles. The highest BCUT2D eigenvalue weighted by Crippen LogP contribution is 2.49. The number of rotatable bonds is 5. The SMILES string of the molecule is c1ccc(-c2cc(-c3ccccc3)nc(C3c4ccccc4-c4cc(-c5ccc6c(c5)c5ccccc5n6-c5ccccc5)ccc43)c2)cc1. The number of nitrogens with zero attached hydrogens (tertiary/aromatic N) is 2. The Labute approximate surface area is 291 Å². The Bertz CT molecular complexity index is 2630. The highest BCUT2D eigenvalue weighted by molar-refractivity contribution is 6.10. The molecular weight excluding hydrogens is 605 g/mol. The summed E-state index contributed by atoms with van der Waals surface area (Å²) in [5.74, 6) is 0.0349. The van der Waals surface area contributed by atoms with Crippen LogP contribution in [0.4, 0.5) is 0 Å². The first-order valence-electron chi connectivity index (χ1n) is 17.3. The molecule has 0 spiro atoms. The van der Waals surface area contributed by atoms with Crippen LogP contribution in [0.15, 0.2) is 188 Å². The van der Waals surface area contributed by atoms with Crippen LogP contribution in [0.2, 0.25) is 0 Å². The van der Waals surface area contributed by atoms with Crippen molar-refractivity contribution in [1.82, 2.24) is 9.55 Å². The van der Waals surface area contributed by atoms with Gasteiger partial charge in [-0.1, -0.05) is 140 Å². The van der Waals surface area contributed by atoms with Gasteiger partial charge in [-0.25, -0.2) is 0 Å². The van der Waals surface area contributed by atoms with Gasteiger partial charge in [0.05, 0.1) is 28.3 Å². The highest BCUT2D eigenvalue weighted by atomic mass is 15.0. The van der Waals surface area contributed by atoms with Gasteiger partial charge in [0.25, 0.3) is 0 Å². The minimum Gasteiger partial charge on any atom is -0.309 e. The van der Waals surface area contributed by atoms with Gasteiger partial charge in [0.2, 0.25) is 0 Å². The molecule has 0 N–H and O–H groups in total. The van der Waals surface area contributed by atoms with Crippen LogP contribution in [0.25, 0.3) is 72.1 Å². The maximum absolute atomic E-state index is 5.38. The molecule has 2 nitrogen and oxygen atoms in total. The van der Waals surface area contributed by atoms with Crippen molar-refractivity contribution in [2.75, 3.05) is 0 Å². The van der Waals surface area contributed by atoms with Crippen LogP contribution in [0.1, 0.15) is 22.7 Å². The van der Waals surface area contributed by atoms with E-state index in [0.717, 1.165) is 17.0 Å². The van der Waals surface area contributed by atoms with E-state index in [2.05, 4.69) is 193 Å². The fourth-order valence-corrected chi connectivity index (χ4v) is 7.96. The van der Waals surface area contributed by atoms with Gasteiger partial charge < -0.3 is 4.57 Å². The predicted molar refractivity (Wildman–Crippen MR) is 208 cm³/mol. The number of pyridine rings is 1. The summed E-state index contributed by atoms with van der Waals surface area (Å²) in [5, 5.41) is 2.52. The monoisotopic (exact) mass is 636 g/mol. The quantitative estimate of drug-likeness (QED) is 0.184. The second-order valence-corrected chi connectivity index (χ2v) is 13.1. The van der Waals surface area contributed by atoms with Gasteiger partial charge in [-0.15, -0.1) is 0 Å². The van der Waals surface area contributed by atoms with Crippen molar-refractivity contribution in [3.05, 3.63) is 205 Å². The topological polar surface area (TPSA) is 17.8 Å². The largest absolute Gasteiger partial charge is 0.309 e. The molecule has 234 valence electrons. The van der Waals surface area contributed by atoms with Crippen LogP contribution in [0.5, 0.6) is 0 Å². The molecule has 0 amide bonds. The maximum Gasteiger partial charge on any atom is 0.0711 e. The number of hydrogen-bond acceptors (Lipinski definition) is 1. The van der Waals surface area contributed by atoms with E-state index >= 15 is 0 Å². The van der Waals surface area contributed by atoms with Crippen LogP contribution < -0.4 is 0 Å². The molecule has 0 fully saturated rings. The zero-order valence-electron chi connectivity index (χ0n) is 27.4. The molecule has 0 aliphatic heterocycles. The Balaban J connectivity index is 1.13. The summed E-state index contributed by atoms with van der Waals surface area (Å²) in [6.45, 7) is 0. The molecule has 2 aromatic heterocycles. The zero-order valence-corrected chi connectivity index (χ0v) is 27.4. The summed E-state index contributed by atoms with van der Waals surface area (Å²) in [6.07, 6.45) is 0. The number of aromatic nitrogens is 2. The maximum atomic E-state index is 5.38. The standard InChI is InChI=1S/C48H32N2/c1-4-14-32(15-5-1)36-30-44(33-16-6-2-7-17-33)49-45(31-36)48-40-22-11-10-20-38(40)42-28-34(24-26-41(42)48)35-25-27-47-43(29-35)39-21-12-13-23-46(39)50(47)37-18-8-3-9-19-37/h1-31,48H. The third-order valence-electron chi connectivity index (χ3n) is 10.3. The van der Waals surface area contributed by atoms with Gasteiger partial charge in [-0.3, -0.25) is 4.98 Å². The minimum absolute atomic E-state index is 0.0349. The molecular formula is C48H32N2. The molecule has 0 bridgehead atoms. The number of hydrogen-bond donors (Lipinski definition) is 0. The van der Waals surface area contributed by atoms with Crippen molar-refractivity contribution >= 4 is 21.8 Å². The zero-order chi connectivity index (χ0) is 33.0. The lowest BCUT2D eigenvalue weighted by Gasteiger charge is -2.17. The average Bonchev–Trinajstić information content (AvgIpc) is 3.71. The van der Waals surface area contributed by atoms with Crippen molar-refractivity contribution in [2.45, 2.75) is 5.92 Å². The molecule has 2 heterocycles. The molecule has 10 rings (SSSR count). The lowest BCUT2D eigenvalue weighted by atomic mass is 9.90. The summed E-state index contributed by atoms with van der Waals surface area (Å²) in [4.78, 5) is 5.38. The normalized spacial score (nSPS) is 13.4. The third-order valence-corrected chi connectivity index (χ3v) is 10.3. The van der Waals surface area contributed by atoms with Crippen LogP contribution in [-0.2, 0) is 0 Å². The van der Waals surface area contributed by atoms with Gasteiger partial charge >= 0.3 is 0 Å². The second kappa shape index (κ2) is 11.6. The predicted octanol–water partition coefficient (Wildman–Crippen LogP) is 12.3. The van der Waals surface area contributed by atoms with Crippen molar-refractivity contribution in [3.8, 4) is 50.3 Å². The fourth-order valence-electron chi connectivity index (χ4n) is 7.96. The summed E-state index contributed by atoms with van der Waals surface area (Å²) in [7, 11) is 0. The number of para-hydroxylation sites is 2. The molecule has 1 aliphatic carbocycles. The Morgan fingerprint density at radius 3 is 1.82 bits per heavy atom. The van der Waals surface area contributed by atoms with Crippen molar-refractivity contribution in [3.63, 3.8) is 0 Å². The Kier molecular flexibility index (Phi) is 6.60. The number of benzene rings is 7. The third kappa shape index (κ3) is 4.61. The van der Waals surface area contributed by atoms with Gasteiger partial charge in [0.15, 0.2) is 0 Å². The molecule has 7 aromatic carbocycles. The van der Waals surface area contributed by atoms with Crippen LogP contribution in [0, 0.1) is 0 Å². The van der Waals surface area contributed by atoms with Crippen molar-refractivity contribution < 1.29 is 0 Å². The van der Waals surface area contributed by atoms with Crippen LogP contribution in [-0.4, -0.2) is 9.55 Å². The first kappa shape index (κ1) is 28.5. The van der Waals surface area contributed by atoms with Crippen molar-refractivity contribution in [1.29, 1.82) is 0 Å². The Hall–Kier alpha value is -6.51. The molecule has 50 heavy (non-hydrogen) atoms. The van der Waals surface area contributed by atoms with E-state index in [1.165, 1.54) is 72.0 Å². The summed E-state index contributed by atoms with van der Waals surface area (Å²) in [5.41, 5.74) is 16.8. The molecule has 1 atom stereocenters. The lowest BCUT2D eigenvalue weighted by molar-refractivity contribution is 0.949. The lowest BCUT2D eigenvalue weighted by Crippen LogP contribution is -2.04. The molecule has 9 aromatic rings. The first-order chi connectivity index (χ1) is 24.8. The Morgan fingerprint density at radius 2 is 1.00 bits per heavy atom. The van der Waals surface area contributed by atoms with Gasteiger partial charge in [-0.2, -0.15) is 0 Å². The first-order valence-corrected chi connectivity index (χ1v) is 17.3. The van der Waals surface area contributed by atoms with Gasteiger partial charge in [0, 0.05) is 22.0 Å². The van der Waals surface area contributed by atoms with E-state index in [9.17, 15) is 0 Å². The smallest absolute Gasteiger partial charge is 0.0711 e. The van der Waals surface area contributed by atoms with E-state index in [1.807, 2.05) is 0 Å². The second-order valence-electron chi connectivity index (χ2n) is 13.1.